The van der Waals surface area contributed by atoms with Gasteiger partial charge in [0.15, 0.2) is 0 Å². The molecule has 0 spiro atoms. The van der Waals surface area contributed by atoms with E-state index in [1.165, 1.54) is 10.6 Å². The molecule has 2 rings (SSSR count). The van der Waals surface area contributed by atoms with Gasteiger partial charge in [0.05, 0.1) is 12.2 Å². The molecule has 2 saturated heterocycles. The fourth-order valence-corrected chi connectivity index (χ4v) is 4.34. The maximum atomic E-state index is 12.7. The van der Waals surface area contributed by atoms with Gasteiger partial charge in [0.1, 0.15) is 0 Å². The van der Waals surface area contributed by atoms with Crippen molar-refractivity contribution >= 4 is 15.9 Å². The molecular formula is C14H26N2O4S. The van der Waals surface area contributed by atoms with Crippen molar-refractivity contribution in [3.05, 3.63) is 0 Å². The summed E-state index contributed by atoms with van der Waals surface area (Å²) in [5.74, 6) is -0.105. The molecular weight excluding hydrogens is 292 g/mol. The zero-order valence-corrected chi connectivity index (χ0v) is 13.5. The van der Waals surface area contributed by atoms with E-state index >= 15 is 0 Å². The van der Waals surface area contributed by atoms with E-state index in [1.54, 1.807) is 0 Å². The third-order valence-corrected chi connectivity index (χ3v) is 5.83. The fraction of sp³-hybridized carbons (Fsp3) is 0.929. The summed E-state index contributed by atoms with van der Waals surface area (Å²) in [6.45, 7) is 1.77. The van der Waals surface area contributed by atoms with E-state index in [2.05, 4.69) is 0 Å². The lowest BCUT2D eigenvalue weighted by molar-refractivity contribution is -0.137. The lowest BCUT2D eigenvalue weighted by Crippen LogP contribution is -2.47. The van der Waals surface area contributed by atoms with Gasteiger partial charge in [-0.1, -0.05) is 0 Å². The van der Waals surface area contributed by atoms with E-state index in [0.717, 1.165) is 38.6 Å². The topological polar surface area (TPSA) is 77.9 Å². The molecule has 0 aromatic rings. The minimum absolute atomic E-state index is 0.101. The highest BCUT2D eigenvalue weighted by molar-refractivity contribution is 7.88. The Morgan fingerprint density at radius 1 is 1.24 bits per heavy atom. The quantitative estimate of drug-likeness (QED) is 0.797. The van der Waals surface area contributed by atoms with Gasteiger partial charge >= 0.3 is 0 Å². The van der Waals surface area contributed by atoms with E-state index in [-0.39, 0.29) is 24.5 Å². The van der Waals surface area contributed by atoms with Crippen LogP contribution in [0.5, 0.6) is 0 Å². The summed E-state index contributed by atoms with van der Waals surface area (Å²) in [5.41, 5.74) is 0. The van der Waals surface area contributed by atoms with Gasteiger partial charge in [0, 0.05) is 32.3 Å². The Morgan fingerprint density at radius 3 is 2.62 bits per heavy atom. The standard InChI is InChI=1S/C14H26N2O4S/c1-21(19,20)15-8-2-5-12(11-15)14(18)16-9-3-6-13(16)7-4-10-17/h12-13,17H,2-11H2,1H3. The number of aliphatic hydroxyl groups excluding tert-OH is 1. The molecule has 2 aliphatic heterocycles. The molecule has 1 N–H and O–H groups in total. The van der Waals surface area contributed by atoms with E-state index in [9.17, 15) is 13.2 Å². The molecule has 2 fully saturated rings. The van der Waals surface area contributed by atoms with Crippen molar-refractivity contribution in [1.82, 2.24) is 9.21 Å². The van der Waals surface area contributed by atoms with Gasteiger partial charge < -0.3 is 10.0 Å². The second-order valence-corrected chi connectivity index (χ2v) is 8.14. The minimum atomic E-state index is -3.21. The van der Waals surface area contributed by atoms with E-state index < -0.39 is 10.0 Å². The van der Waals surface area contributed by atoms with Crippen LogP contribution in [0, 0.1) is 5.92 Å². The van der Waals surface area contributed by atoms with Crippen molar-refractivity contribution in [1.29, 1.82) is 0 Å². The second kappa shape index (κ2) is 7.07. The number of aliphatic hydroxyl groups is 1. The van der Waals surface area contributed by atoms with E-state index in [0.29, 0.717) is 19.5 Å². The van der Waals surface area contributed by atoms with Gasteiger partial charge in [0.25, 0.3) is 0 Å². The summed E-state index contributed by atoms with van der Waals surface area (Å²) in [4.78, 5) is 14.6. The average molecular weight is 318 g/mol. The number of rotatable bonds is 5. The highest BCUT2D eigenvalue weighted by Gasteiger charge is 2.36. The van der Waals surface area contributed by atoms with Gasteiger partial charge in [-0.3, -0.25) is 4.79 Å². The molecule has 2 aliphatic rings. The largest absolute Gasteiger partial charge is 0.396 e. The van der Waals surface area contributed by atoms with Crippen LogP contribution in [0.4, 0.5) is 0 Å². The smallest absolute Gasteiger partial charge is 0.227 e. The van der Waals surface area contributed by atoms with Crippen LogP contribution in [0.25, 0.3) is 0 Å². The Labute approximate surface area is 127 Å². The maximum Gasteiger partial charge on any atom is 0.227 e. The SMILES string of the molecule is CS(=O)(=O)N1CCCC(C(=O)N2CCCC2CCCO)C1. The van der Waals surface area contributed by atoms with Crippen LogP contribution in [-0.4, -0.2) is 67.2 Å². The molecule has 21 heavy (non-hydrogen) atoms. The Kier molecular flexibility index (Phi) is 5.62. The number of piperidine rings is 1. The molecule has 0 radical (unpaired) electrons. The van der Waals surface area contributed by atoms with Crippen molar-refractivity contribution in [2.24, 2.45) is 5.92 Å². The van der Waals surface area contributed by atoms with Gasteiger partial charge in [-0.25, -0.2) is 12.7 Å². The Morgan fingerprint density at radius 2 is 1.95 bits per heavy atom. The van der Waals surface area contributed by atoms with Crippen molar-refractivity contribution < 1.29 is 18.3 Å². The minimum Gasteiger partial charge on any atom is -0.396 e. The Bertz CT molecular complexity index is 466. The molecule has 0 aromatic carbocycles. The van der Waals surface area contributed by atoms with Crippen LogP contribution >= 0.6 is 0 Å². The molecule has 122 valence electrons. The number of sulfonamides is 1. The molecule has 6 nitrogen and oxygen atoms in total. The zero-order valence-electron chi connectivity index (χ0n) is 12.7. The summed E-state index contributed by atoms with van der Waals surface area (Å²) in [6, 6.07) is 0.221. The van der Waals surface area contributed by atoms with Crippen molar-refractivity contribution in [3.8, 4) is 0 Å². The fourth-order valence-electron chi connectivity index (χ4n) is 3.43. The van der Waals surface area contributed by atoms with E-state index in [1.807, 2.05) is 4.90 Å². The molecule has 1 amide bonds. The van der Waals surface area contributed by atoms with Crippen molar-refractivity contribution in [2.45, 2.75) is 44.6 Å². The predicted molar refractivity (Wildman–Crippen MR) is 80.2 cm³/mol. The lowest BCUT2D eigenvalue weighted by Gasteiger charge is -2.34. The molecule has 0 bridgehead atoms. The first-order chi connectivity index (χ1) is 9.93. The van der Waals surface area contributed by atoms with Crippen LogP contribution in [-0.2, 0) is 14.8 Å². The molecule has 2 heterocycles. The molecule has 0 aromatic heterocycles. The summed E-state index contributed by atoms with van der Waals surface area (Å²) < 4.78 is 24.7. The third kappa shape index (κ3) is 4.17. The highest BCUT2D eigenvalue weighted by Crippen LogP contribution is 2.27. The summed E-state index contributed by atoms with van der Waals surface area (Å²) in [6.07, 6.45) is 6.28. The third-order valence-electron chi connectivity index (χ3n) is 4.56. The maximum absolute atomic E-state index is 12.7. The molecule has 0 aliphatic carbocycles. The number of nitrogens with zero attached hydrogens (tertiary/aromatic N) is 2. The Hall–Kier alpha value is -0.660. The predicted octanol–water partition coefficient (Wildman–Crippen LogP) is 0.422. The number of hydrogen-bond acceptors (Lipinski definition) is 4. The van der Waals surface area contributed by atoms with Gasteiger partial charge in [0.2, 0.25) is 15.9 Å². The summed E-state index contributed by atoms with van der Waals surface area (Å²) >= 11 is 0. The molecule has 2 unspecified atom stereocenters. The summed E-state index contributed by atoms with van der Waals surface area (Å²) in [5, 5.41) is 8.95. The first-order valence-electron chi connectivity index (χ1n) is 7.80. The first-order valence-corrected chi connectivity index (χ1v) is 9.64. The normalized spacial score (nSPS) is 28.0. The van der Waals surface area contributed by atoms with Crippen molar-refractivity contribution in [3.63, 3.8) is 0 Å². The van der Waals surface area contributed by atoms with Gasteiger partial charge in [-0.05, 0) is 38.5 Å². The number of likely N-dealkylation sites (tertiary alicyclic amines) is 1. The molecule has 7 heteroatoms. The monoisotopic (exact) mass is 318 g/mol. The number of carbonyl (C=O) groups is 1. The van der Waals surface area contributed by atoms with Crippen LogP contribution < -0.4 is 0 Å². The number of amides is 1. The average Bonchev–Trinajstić information content (AvgIpc) is 2.92. The number of hydrogen-bond donors (Lipinski definition) is 1. The first kappa shape index (κ1) is 16.7. The number of carbonyl (C=O) groups excluding carboxylic acids is 1. The summed E-state index contributed by atoms with van der Waals surface area (Å²) in [7, 11) is -3.21. The van der Waals surface area contributed by atoms with E-state index in [4.69, 9.17) is 5.11 Å². The lowest BCUT2D eigenvalue weighted by atomic mass is 9.97. The zero-order chi connectivity index (χ0) is 15.5. The van der Waals surface area contributed by atoms with Crippen LogP contribution in [0.3, 0.4) is 0 Å². The molecule has 0 saturated carbocycles. The van der Waals surface area contributed by atoms with Crippen LogP contribution in [0.1, 0.15) is 38.5 Å². The van der Waals surface area contributed by atoms with Gasteiger partial charge in [-0.15, -0.1) is 0 Å². The molecule has 2 atom stereocenters. The second-order valence-electron chi connectivity index (χ2n) is 6.15. The van der Waals surface area contributed by atoms with Crippen LogP contribution in [0.15, 0.2) is 0 Å². The van der Waals surface area contributed by atoms with Crippen LogP contribution in [0.2, 0.25) is 0 Å². The van der Waals surface area contributed by atoms with Gasteiger partial charge in [-0.2, -0.15) is 0 Å². The highest BCUT2D eigenvalue weighted by atomic mass is 32.2. The Balaban J connectivity index is 1.98. The van der Waals surface area contributed by atoms with Crippen molar-refractivity contribution in [2.75, 3.05) is 32.5 Å².